The van der Waals surface area contributed by atoms with E-state index >= 15 is 0 Å². The number of hydrogen-bond donors (Lipinski definition) is 2. The van der Waals surface area contributed by atoms with Crippen LogP contribution in [0.4, 0.5) is 19.0 Å². The van der Waals surface area contributed by atoms with E-state index in [1.165, 1.54) is 12.2 Å². The topological polar surface area (TPSA) is 71.5 Å². The minimum Gasteiger partial charge on any atom is -0.511 e. The van der Waals surface area contributed by atoms with E-state index in [1.807, 2.05) is 0 Å². The summed E-state index contributed by atoms with van der Waals surface area (Å²) in [4.78, 5) is 15.7. The second kappa shape index (κ2) is 7.23. The Hall–Kier alpha value is -2.06. The summed E-state index contributed by atoms with van der Waals surface area (Å²) in [5.41, 5.74) is -1.30. The van der Waals surface area contributed by atoms with Gasteiger partial charge >= 0.3 is 6.18 Å². The third-order valence-electron chi connectivity index (χ3n) is 3.22. The first kappa shape index (κ1) is 18.3. The van der Waals surface area contributed by atoms with Gasteiger partial charge in [0, 0.05) is 6.61 Å². The molecule has 1 aliphatic rings. The number of halogens is 4. The fourth-order valence-corrected chi connectivity index (χ4v) is 2.40. The smallest absolute Gasteiger partial charge is 0.434 e. The standard InChI is InChI=1S/C15H14ClF3N2O3/c1-2-24-10-5-3-4-9(22)12(10)14(23)21-11-7-6-8(16)13(20-11)15(17,18)19/h3-7,10,12,22H,2H2,1H3,(H,20,21,23). The van der Waals surface area contributed by atoms with E-state index in [1.54, 1.807) is 13.0 Å². The number of nitrogens with one attached hydrogen (secondary N) is 1. The van der Waals surface area contributed by atoms with Gasteiger partial charge in [-0.2, -0.15) is 13.2 Å². The maximum Gasteiger partial charge on any atom is 0.434 e. The van der Waals surface area contributed by atoms with Crippen molar-refractivity contribution in [1.82, 2.24) is 4.98 Å². The average Bonchev–Trinajstić information content (AvgIpc) is 2.48. The highest BCUT2D eigenvalue weighted by Crippen LogP contribution is 2.34. The van der Waals surface area contributed by atoms with Crippen molar-refractivity contribution in [3.05, 3.63) is 46.8 Å². The molecule has 0 aromatic carbocycles. The molecule has 2 atom stereocenters. The van der Waals surface area contributed by atoms with E-state index < -0.39 is 34.8 Å². The molecular weight excluding hydrogens is 349 g/mol. The van der Waals surface area contributed by atoms with Crippen molar-refractivity contribution in [1.29, 1.82) is 0 Å². The number of aliphatic hydroxyl groups is 1. The zero-order valence-corrected chi connectivity index (χ0v) is 13.2. The molecular formula is C15H14ClF3N2O3. The van der Waals surface area contributed by atoms with Crippen LogP contribution in [0.5, 0.6) is 0 Å². The van der Waals surface area contributed by atoms with Crippen molar-refractivity contribution < 1.29 is 27.8 Å². The molecule has 1 aromatic heterocycles. The molecule has 1 aliphatic carbocycles. The summed E-state index contributed by atoms with van der Waals surface area (Å²) in [5.74, 6) is -2.40. The van der Waals surface area contributed by atoms with Gasteiger partial charge in [0.1, 0.15) is 17.5 Å². The summed E-state index contributed by atoms with van der Waals surface area (Å²) in [7, 11) is 0. The molecule has 0 bridgehead atoms. The van der Waals surface area contributed by atoms with Gasteiger partial charge in [0.05, 0.1) is 11.1 Å². The summed E-state index contributed by atoms with van der Waals surface area (Å²) in [5, 5.41) is 11.6. The number of pyridine rings is 1. The predicted octanol–water partition coefficient (Wildman–Crippen LogP) is 3.73. The zero-order chi connectivity index (χ0) is 17.9. The highest BCUT2D eigenvalue weighted by molar-refractivity contribution is 6.31. The lowest BCUT2D eigenvalue weighted by Gasteiger charge is -2.25. The fraction of sp³-hybridized carbons (Fsp3) is 0.333. The number of alkyl halides is 3. The molecule has 1 aromatic rings. The number of aliphatic hydroxyl groups excluding tert-OH is 1. The maximum atomic E-state index is 12.8. The minimum atomic E-state index is -4.75. The van der Waals surface area contributed by atoms with Crippen LogP contribution in [-0.2, 0) is 15.7 Å². The Morgan fingerprint density at radius 1 is 1.46 bits per heavy atom. The van der Waals surface area contributed by atoms with Crippen molar-refractivity contribution in [3.8, 4) is 0 Å². The monoisotopic (exact) mass is 362 g/mol. The van der Waals surface area contributed by atoms with Crippen LogP contribution in [-0.4, -0.2) is 28.7 Å². The van der Waals surface area contributed by atoms with E-state index in [-0.39, 0.29) is 11.6 Å². The Bertz CT molecular complexity index is 689. The van der Waals surface area contributed by atoms with Gasteiger partial charge in [-0.15, -0.1) is 0 Å². The number of anilines is 1. The molecule has 24 heavy (non-hydrogen) atoms. The Morgan fingerprint density at radius 2 is 2.17 bits per heavy atom. The summed E-state index contributed by atoms with van der Waals surface area (Å²) in [6.45, 7) is 2.01. The van der Waals surface area contributed by atoms with Gasteiger partial charge in [-0.1, -0.05) is 23.8 Å². The van der Waals surface area contributed by atoms with Crippen LogP contribution >= 0.6 is 11.6 Å². The quantitative estimate of drug-likeness (QED) is 0.856. The van der Waals surface area contributed by atoms with Gasteiger partial charge in [-0.05, 0) is 25.1 Å². The predicted molar refractivity (Wildman–Crippen MR) is 81.6 cm³/mol. The summed E-state index contributed by atoms with van der Waals surface area (Å²) < 4.78 is 43.8. The molecule has 130 valence electrons. The number of aromatic nitrogens is 1. The van der Waals surface area contributed by atoms with E-state index in [0.29, 0.717) is 6.61 Å². The normalized spacial score (nSPS) is 20.6. The van der Waals surface area contributed by atoms with Crippen LogP contribution in [0, 0.1) is 5.92 Å². The van der Waals surface area contributed by atoms with Gasteiger partial charge in [0.2, 0.25) is 5.91 Å². The lowest BCUT2D eigenvalue weighted by molar-refractivity contribution is -0.141. The molecule has 0 aliphatic heterocycles. The molecule has 5 nitrogen and oxygen atoms in total. The van der Waals surface area contributed by atoms with E-state index in [4.69, 9.17) is 16.3 Å². The largest absolute Gasteiger partial charge is 0.511 e. The third kappa shape index (κ3) is 4.07. The Kier molecular flexibility index (Phi) is 5.51. The number of nitrogens with zero attached hydrogens (tertiary/aromatic N) is 1. The number of carbonyl (C=O) groups is 1. The fourth-order valence-electron chi connectivity index (χ4n) is 2.19. The first-order valence-corrected chi connectivity index (χ1v) is 7.35. The number of amides is 1. The average molecular weight is 363 g/mol. The highest BCUT2D eigenvalue weighted by Gasteiger charge is 2.36. The van der Waals surface area contributed by atoms with E-state index in [9.17, 15) is 23.1 Å². The molecule has 0 saturated carbocycles. The van der Waals surface area contributed by atoms with Crippen LogP contribution in [0.25, 0.3) is 0 Å². The van der Waals surface area contributed by atoms with Gasteiger partial charge < -0.3 is 15.2 Å². The van der Waals surface area contributed by atoms with Crippen molar-refractivity contribution in [3.63, 3.8) is 0 Å². The van der Waals surface area contributed by atoms with Crippen LogP contribution < -0.4 is 5.32 Å². The lowest BCUT2D eigenvalue weighted by Crippen LogP contribution is -2.36. The molecule has 1 amide bonds. The molecule has 0 spiro atoms. The van der Waals surface area contributed by atoms with Gasteiger partial charge in [-0.25, -0.2) is 4.98 Å². The Labute approximate surface area is 140 Å². The van der Waals surface area contributed by atoms with Gasteiger partial charge in [0.25, 0.3) is 0 Å². The molecule has 1 heterocycles. The van der Waals surface area contributed by atoms with Crippen molar-refractivity contribution >= 4 is 23.3 Å². The molecule has 0 radical (unpaired) electrons. The van der Waals surface area contributed by atoms with Crippen LogP contribution in [0.3, 0.4) is 0 Å². The first-order chi connectivity index (χ1) is 11.2. The zero-order valence-electron chi connectivity index (χ0n) is 12.5. The van der Waals surface area contributed by atoms with Crippen molar-refractivity contribution in [2.45, 2.75) is 19.2 Å². The molecule has 2 N–H and O–H groups in total. The summed E-state index contributed by atoms with van der Waals surface area (Å²) in [6, 6.07) is 2.13. The van der Waals surface area contributed by atoms with Crippen LogP contribution in [0.1, 0.15) is 12.6 Å². The third-order valence-corrected chi connectivity index (χ3v) is 3.53. The van der Waals surface area contributed by atoms with Crippen LogP contribution in [0.2, 0.25) is 5.02 Å². The number of rotatable bonds is 4. The summed E-state index contributed by atoms with van der Waals surface area (Å²) in [6.07, 6.45) is -1.06. The highest BCUT2D eigenvalue weighted by atomic mass is 35.5. The molecule has 9 heteroatoms. The SMILES string of the molecule is CCOC1C=CC=C(O)C1C(=O)Nc1ccc(Cl)c(C(F)(F)F)n1. The lowest BCUT2D eigenvalue weighted by atomic mass is 9.94. The number of allylic oxidation sites excluding steroid dienone is 2. The molecule has 0 fully saturated rings. The Morgan fingerprint density at radius 3 is 2.79 bits per heavy atom. The number of carbonyl (C=O) groups excluding carboxylic acids is 1. The second-order valence-electron chi connectivity index (χ2n) is 4.89. The van der Waals surface area contributed by atoms with Gasteiger partial charge in [-0.3, -0.25) is 4.79 Å². The van der Waals surface area contributed by atoms with Crippen molar-refractivity contribution in [2.24, 2.45) is 5.92 Å². The number of ether oxygens (including phenoxy) is 1. The minimum absolute atomic E-state index is 0.251. The molecule has 2 rings (SSSR count). The van der Waals surface area contributed by atoms with Crippen LogP contribution in [0.15, 0.2) is 36.1 Å². The van der Waals surface area contributed by atoms with Gasteiger partial charge in [0.15, 0.2) is 5.69 Å². The summed E-state index contributed by atoms with van der Waals surface area (Å²) >= 11 is 5.48. The number of hydrogen-bond acceptors (Lipinski definition) is 4. The van der Waals surface area contributed by atoms with E-state index in [2.05, 4.69) is 10.3 Å². The Balaban J connectivity index is 2.23. The second-order valence-corrected chi connectivity index (χ2v) is 5.30. The first-order valence-electron chi connectivity index (χ1n) is 6.97. The van der Waals surface area contributed by atoms with E-state index in [0.717, 1.165) is 12.1 Å². The maximum absolute atomic E-state index is 12.8. The molecule has 0 saturated heterocycles. The van der Waals surface area contributed by atoms with Crippen molar-refractivity contribution in [2.75, 3.05) is 11.9 Å². The molecule has 2 unspecified atom stereocenters.